The molecule has 1 aromatic heterocycles. The van der Waals surface area contributed by atoms with Crippen LogP contribution in [0.15, 0.2) is 27.4 Å². The van der Waals surface area contributed by atoms with Crippen LogP contribution in [0.5, 0.6) is 0 Å². The van der Waals surface area contributed by atoms with E-state index in [1.165, 1.54) is 0 Å². The molecule has 3 heterocycles. The van der Waals surface area contributed by atoms with Crippen molar-refractivity contribution in [2.24, 2.45) is 0 Å². The van der Waals surface area contributed by atoms with Gasteiger partial charge in [-0.3, -0.25) is 14.6 Å². The number of rotatable bonds is 4. The van der Waals surface area contributed by atoms with E-state index < -0.39 is 0 Å². The maximum atomic E-state index is 12.3. The Balaban J connectivity index is 1.40. The molecule has 2 saturated heterocycles. The van der Waals surface area contributed by atoms with Crippen molar-refractivity contribution in [3.63, 3.8) is 0 Å². The van der Waals surface area contributed by atoms with Gasteiger partial charge >= 0.3 is 5.63 Å². The summed E-state index contributed by atoms with van der Waals surface area (Å²) in [5, 5.41) is 1.56. The summed E-state index contributed by atoms with van der Waals surface area (Å²) in [4.78, 5) is 30.8. The minimum absolute atomic E-state index is 0.252. The van der Waals surface area contributed by atoms with Gasteiger partial charge in [0, 0.05) is 62.3 Å². The summed E-state index contributed by atoms with van der Waals surface area (Å²) in [5.41, 5.74) is 2.08. The molecule has 0 spiro atoms. The van der Waals surface area contributed by atoms with Crippen LogP contribution in [0.3, 0.4) is 0 Å². The van der Waals surface area contributed by atoms with Crippen molar-refractivity contribution in [3.8, 4) is 0 Å². The van der Waals surface area contributed by atoms with Gasteiger partial charge in [-0.05, 0) is 43.0 Å². The Kier molecular flexibility index (Phi) is 5.71. The molecule has 0 saturated carbocycles. The first-order chi connectivity index (χ1) is 13.5. The number of hydrogen-bond donors (Lipinski definition) is 0. The molecule has 2 fully saturated rings. The number of aryl methyl sites for hydroxylation is 1. The Bertz CT molecular complexity index is 928. The lowest BCUT2D eigenvalue weighted by Gasteiger charge is -2.35. The quantitative estimate of drug-likeness (QED) is 0.734. The summed E-state index contributed by atoms with van der Waals surface area (Å²) < 4.78 is 5.35. The highest BCUT2D eigenvalue weighted by Crippen LogP contribution is 2.26. The third kappa shape index (κ3) is 4.24. The van der Waals surface area contributed by atoms with E-state index >= 15 is 0 Å². The Hall–Kier alpha value is -1.89. The van der Waals surface area contributed by atoms with Gasteiger partial charge in [-0.25, -0.2) is 4.79 Å². The molecule has 0 aliphatic carbocycles. The molecule has 7 heteroatoms. The van der Waals surface area contributed by atoms with Crippen LogP contribution in [-0.4, -0.2) is 66.4 Å². The maximum absolute atomic E-state index is 12.3. The Morgan fingerprint density at radius 1 is 1.04 bits per heavy atom. The number of nitrogens with zero attached hydrogens (tertiary/aromatic N) is 3. The van der Waals surface area contributed by atoms with Crippen LogP contribution in [-0.2, 0) is 11.3 Å². The molecule has 6 nitrogen and oxygen atoms in total. The van der Waals surface area contributed by atoms with Gasteiger partial charge in [-0.1, -0.05) is 11.6 Å². The molecule has 28 heavy (non-hydrogen) atoms. The number of fused-ring (bicyclic) bond motifs is 1. The topological polar surface area (TPSA) is 57.0 Å². The molecule has 0 atom stereocenters. The number of hydrogen-bond acceptors (Lipinski definition) is 5. The average molecular weight is 404 g/mol. The van der Waals surface area contributed by atoms with Crippen molar-refractivity contribution in [1.29, 1.82) is 0 Å². The predicted molar refractivity (Wildman–Crippen MR) is 110 cm³/mol. The van der Waals surface area contributed by atoms with E-state index in [1.807, 2.05) is 24.0 Å². The average Bonchev–Trinajstić information content (AvgIpc) is 3.20. The molecular formula is C21H26ClN3O3. The Morgan fingerprint density at radius 2 is 1.71 bits per heavy atom. The van der Waals surface area contributed by atoms with Crippen LogP contribution in [0.1, 0.15) is 24.0 Å². The normalized spacial score (nSPS) is 18.9. The predicted octanol–water partition coefficient (Wildman–Crippen LogP) is 2.49. The maximum Gasteiger partial charge on any atom is 0.336 e. The fraction of sp³-hybridized carbons (Fsp3) is 0.524. The molecule has 2 aliphatic rings. The Labute approximate surface area is 169 Å². The van der Waals surface area contributed by atoms with Gasteiger partial charge in [-0.15, -0.1) is 0 Å². The highest BCUT2D eigenvalue weighted by atomic mass is 35.5. The van der Waals surface area contributed by atoms with E-state index in [1.54, 1.807) is 6.07 Å². The highest BCUT2D eigenvalue weighted by Gasteiger charge is 2.24. The van der Waals surface area contributed by atoms with E-state index in [0.717, 1.165) is 68.6 Å². The van der Waals surface area contributed by atoms with E-state index in [9.17, 15) is 9.59 Å². The van der Waals surface area contributed by atoms with Gasteiger partial charge in [0.2, 0.25) is 5.91 Å². The molecule has 2 aromatic rings. The Morgan fingerprint density at radius 3 is 2.43 bits per heavy atom. The van der Waals surface area contributed by atoms with Crippen LogP contribution < -0.4 is 5.63 Å². The number of piperazine rings is 1. The zero-order valence-corrected chi connectivity index (χ0v) is 17.0. The molecule has 1 aromatic carbocycles. The van der Waals surface area contributed by atoms with Crippen LogP contribution >= 0.6 is 11.6 Å². The molecule has 150 valence electrons. The second-order valence-corrected chi connectivity index (χ2v) is 8.24. The molecule has 0 N–H and O–H groups in total. The highest BCUT2D eigenvalue weighted by molar-refractivity contribution is 6.32. The minimum atomic E-state index is -0.334. The van der Waals surface area contributed by atoms with Crippen molar-refractivity contribution in [3.05, 3.63) is 44.8 Å². The van der Waals surface area contributed by atoms with E-state index in [4.69, 9.17) is 16.0 Å². The van der Waals surface area contributed by atoms with Crippen molar-refractivity contribution >= 4 is 28.5 Å². The number of halogens is 1. The summed E-state index contributed by atoms with van der Waals surface area (Å²) >= 11 is 6.29. The smallest absolute Gasteiger partial charge is 0.336 e. The monoisotopic (exact) mass is 403 g/mol. The van der Waals surface area contributed by atoms with Gasteiger partial charge in [0.15, 0.2) is 0 Å². The van der Waals surface area contributed by atoms with Crippen LogP contribution in [0.4, 0.5) is 0 Å². The minimum Gasteiger partial charge on any atom is -0.423 e. The summed E-state index contributed by atoms with van der Waals surface area (Å²) in [6.07, 6.45) is 2.25. The first-order valence-electron chi connectivity index (χ1n) is 9.95. The number of amides is 1. The largest absolute Gasteiger partial charge is 0.423 e. The first-order valence-corrected chi connectivity index (χ1v) is 10.3. The third-order valence-corrected chi connectivity index (χ3v) is 6.19. The molecule has 2 aliphatic heterocycles. The second-order valence-electron chi connectivity index (χ2n) is 7.83. The summed E-state index contributed by atoms with van der Waals surface area (Å²) in [7, 11) is 0. The van der Waals surface area contributed by atoms with Crippen LogP contribution in [0.2, 0.25) is 5.02 Å². The van der Waals surface area contributed by atoms with Crippen molar-refractivity contribution in [2.45, 2.75) is 26.3 Å². The van der Waals surface area contributed by atoms with Crippen molar-refractivity contribution < 1.29 is 9.21 Å². The fourth-order valence-electron chi connectivity index (χ4n) is 4.08. The third-order valence-electron chi connectivity index (χ3n) is 5.79. The lowest BCUT2D eigenvalue weighted by atomic mass is 10.1. The van der Waals surface area contributed by atoms with Gasteiger partial charge in [0.05, 0.1) is 6.54 Å². The molecule has 1 amide bonds. The standard InChI is InChI=1S/C21H26ClN3O3/c1-15-10-19-17(12-18(15)22)16(11-21(27)28-19)13-23-6-8-24(9-7-23)14-20(26)25-4-2-3-5-25/h10-12H,2-9,13-14H2,1H3. The number of benzene rings is 1. The van der Waals surface area contributed by atoms with Gasteiger partial charge in [0.1, 0.15) is 5.58 Å². The molecule has 0 unspecified atom stereocenters. The number of carbonyl (C=O) groups is 1. The molecular weight excluding hydrogens is 378 g/mol. The lowest BCUT2D eigenvalue weighted by Crippen LogP contribution is -2.49. The van der Waals surface area contributed by atoms with Gasteiger partial charge in [-0.2, -0.15) is 0 Å². The molecule has 0 radical (unpaired) electrons. The molecule has 0 bridgehead atoms. The summed E-state index contributed by atoms with van der Waals surface area (Å²) in [6.45, 7) is 8.36. The van der Waals surface area contributed by atoms with Crippen molar-refractivity contribution in [2.75, 3.05) is 45.8 Å². The van der Waals surface area contributed by atoms with Crippen LogP contribution in [0, 0.1) is 6.92 Å². The zero-order chi connectivity index (χ0) is 19.7. The van der Waals surface area contributed by atoms with Crippen molar-refractivity contribution in [1.82, 2.24) is 14.7 Å². The second kappa shape index (κ2) is 8.23. The van der Waals surface area contributed by atoms with Gasteiger partial charge < -0.3 is 9.32 Å². The fourth-order valence-corrected chi connectivity index (χ4v) is 4.25. The van der Waals surface area contributed by atoms with E-state index in [0.29, 0.717) is 23.7 Å². The number of carbonyl (C=O) groups excluding carboxylic acids is 1. The summed E-state index contributed by atoms with van der Waals surface area (Å²) in [6, 6.07) is 5.28. The van der Waals surface area contributed by atoms with Crippen LogP contribution in [0.25, 0.3) is 11.0 Å². The van der Waals surface area contributed by atoms with E-state index in [-0.39, 0.29) is 11.5 Å². The molecule has 4 rings (SSSR count). The zero-order valence-electron chi connectivity index (χ0n) is 16.2. The number of likely N-dealkylation sites (tertiary alicyclic amines) is 1. The SMILES string of the molecule is Cc1cc2oc(=O)cc(CN3CCN(CC(=O)N4CCCC4)CC3)c2cc1Cl. The van der Waals surface area contributed by atoms with E-state index in [2.05, 4.69) is 9.80 Å². The van der Waals surface area contributed by atoms with Gasteiger partial charge in [0.25, 0.3) is 0 Å². The first kappa shape index (κ1) is 19.4. The summed E-state index contributed by atoms with van der Waals surface area (Å²) in [5.74, 6) is 0.252. The lowest BCUT2D eigenvalue weighted by molar-refractivity contribution is -0.131.